The molecule has 2 aromatic rings. The van der Waals surface area contributed by atoms with E-state index in [1.54, 1.807) is 48.7 Å². The number of hydrogen-bond donors (Lipinski definition) is 2. The van der Waals surface area contributed by atoms with Gasteiger partial charge in [-0.3, -0.25) is 4.99 Å². The van der Waals surface area contributed by atoms with E-state index in [0.717, 1.165) is 13.0 Å². The van der Waals surface area contributed by atoms with Crippen LogP contribution >= 0.6 is 11.3 Å². The molecular formula is C18H25N3O2S2. The van der Waals surface area contributed by atoms with E-state index in [0.29, 0.717) is 23.3 Å². The maximum Gasteiger partial charge on any atom is 0.191 e. The average Bonchev–Trinajstić information content (AvgIpc) is 3.11. The molecule has 1 unspecified atom stereocenters. The summed E-state index contributed by atoms with van der Waals surface area (Å²) in [7, 11) is -1.59. The molecule has 0 amide bonds. The minimum Gasteiger partial charge on any atom is -0.356 e. The van der Waals surface area contributed by atoms with Crippen LogP contribution in [0, 0.1) is 5.92 Å². The van der Waals surface area contributed by atoms with Gasteiger partial charge in [0.2, 0.25) is 0 Å². The fraction of sp³-hybridized carbons (Fsp3) is 0.389. The summed E-state index contributed by atoms with van der Waals surface area (Å²) < 4.78 is 24.5. The standard InChI is InChI=1S/C18H25N3O2S2/c1-15(13-16-7-6-11-24-16)14-21-18(19-2)20-10-12-25(22,23)17-8-4-3-5-9-17/h3-9,11,15H,10,12-14H2,1-2H3,(H2,19,20,21). The highest BCUT2D eigenvalue weighted by Gasteiger charge is 2.13. The number of rotatable bonds is 8. The minimum absolute atomic E-state index is 0.0302. The zero-order valence-electron chi connectivity index (χ0n) is 14.6. The Hall–Kier alpha value is -1.86. The van der Waals surface area contributed by atoms with Crippen molar-refractivity contribution in [2.24, 2.45) is 10.9 Å². The molecule has 2 rings (SSSR count). The second kappa shape index (κ2) is 9.58. The number of guanidine groups is 1. The first-order valence-electron chi connectivity index (χ1n) is 8.26. The third-order valence-corrected chi connectivity index (χ3v) is 6.37. The highest BCUT2D eigenvalue weighted by molar-refractivity contribution is 7.91. The molecule has 0 aliphatic rings. The Morgan fingerprint density at radius 1 is 1.16 bits per heavy atom. The van der Waals surface area contributed by atoms with E-state index in [9.17, 15) is 8.42 Å². The Morgan fingerprint density at radius 2 is 1.92 bits per heavy atom. The Bertz CT molecular complexity index is 757. The lowest BCUT2D eigenvalue weighted by Crippen LogP contribution is -2.41. The maximum absolute atomic E-state index is 12.2. The van der Waals surface area contributed by atoms with Gasteiger partial charge in [-0.25, -0.2) is 8.42 Å². The third kappa shape index (κ3) is 6.51. The van der Waals surface area contributed by atoms with Crippen LogP contribution in [0.25, 0.3) is 0 Å². The second-order valence-electron chi connectivity index (χ2n) is 5.90. The summed E-state index contributed by atoms with van der Waals surface area (Å²) in [5.41, 5.74) is 0. The molecule has 0 aliphatic carbocycles. The number of benzene rings is 1. The van der Waals surface area contributed by atoms with Gasteiger partial charge in [-0.2, -0.15) is 0 Å². The quantitative estimate of drug-likeness (QED) is 0.546. The normalized spacial score (nSPS) is 13.4. The van der Waals surface area contributed by atoms with E-state index in [1.807, 2.05) is 0 Å². The molecule has 7 heteroatoms. The second-order valence-corrected chi connectivity index (χ2v) is 9.04. The SMILES string of the molecule is CN=C(NCCS(=O)(=O)c1ccccc1)NCC(C)Cc1cccs1. The lowest BCUT2D eigenvalue weighted by Gasteiger charge is -2.15. The highest BCUT2D eigenvalue weighted by Crippen LogP contribution is 2.13. The predicted molar refractivity (Wildman–Crippen MR) is 105 cm³/mol. The number of aliphatic imine (C=N–C) groups is 1. The van der Waals surface area contributed by atoms with Gasteiger partial charge in [0.1, 0.15) is 0 Å². The topological polar surface area (TPSA) is 70.6 Å². The maximum atomic E-state index is 12.2. The van der Waals surface area contributed by atoms with Crippen LogP contribution in [0.2, 0.25) is 0 Å². The molecule has 1 aromatic heterocycles. The Labute approximate surface area is 154 Å². The summed E-state index contributed by atoms with van der Waals surface area (Å²) in [6.07, 6.45) is 1.02. The van der Waals surface area contributed by atoms with Crippen molar-refractivity contribution in [3.8, 4) is 0 Å². The molecule has 0 saturated heterocycles. The summed E-state index contributed by atoms with van der Waals surface area (Å²) in [5.74, 6) is 1.12. The summed E-state index contributed by atoms with van der Waals surface area (Å²) in [4.78, 5) is 5.87. The van der Waals surface area contributed by atoms with Crippen molar-refractivity contribution in [3.05, 3.63) is 52.7 Å². The molecule has 0 bridgehead atoms. The molecule has 0 spiro atoms. The number of thiophene rings is 1. The molecule has 5 nitrogen and oxygen atoms in total. The van der Waals surface area contributed by atoms with Crippen LogP contribution in [0.1, 0.15) is 11.8 Å². The van der Waals surface area contributed by atoms with Crippen LogP contribution in [-0.2, 0) is 16.3 Å². The number of nitrogens with one attached hydrogen (secondary N) is 2. The van der Waals surface area contributed by atoms with Crippen LogP contribution in [0.4, 0.5) is 0 Å². The lowest BCUT2D eigenvalue weighted by molar-refractivity contribution is 0.562. The predicted octanol–water partition coefficient (Wildman–Crippen LogP) is 2.57. The molecular weight excluding hydrogens is 354 g/mol. The lowest BCUT2D eigenvalue weighted by atomic mass is 10.1. The van der Waals surface area contributed by atoms with Gasteiger partial charge in [0.25, 0.3) is 0 Å². The van der Waals surface area contributed by atoms with Crippen molar-refractivity contribution in [1.82, 2.24) is 10.6 Å². The van der Waals surface area contributed by atoms with Crippen LogP contribution in [-0.4, -0.2) is 40.3 Å². The molecule has 136 valence electrons. The molecule has 1 heterocycles. The fourth-order valence-corrected chi connectivity index (χ4v) is 4.43. The van der Waals surface area contributed by atoms with E-state index in [-0.39, 0.29) is 5.75 Å². The minimum atomic E-state index is -3.27. The van der Waals surface area contributed by atoms with E-state index in [4.69, 9.17) is 0 Å². The largest absolute Gasteiger partial charge is 0.356 e. The van der Waals surface area contributed by atoms with Gasteiger partial charge in [0.15, 0.2) is 15.8 Å². The van der Waals surface area contributed by atoms with Crippen LogP contribution in [0.3, 0.4) is 0 Å². The molecule has 0 saturated carbocycles. The van der Waals surface area contributed by atoms with Crippen molar-refractivity contribution in [2.75, 3.05) is 25.9 Å². The number of sulfone groups is 1. The van der Waals surface area contributed by atoms with Crippen molar-refractivity contribution < 1.29 is 8.42 Å². The molecule has 0 fully saturated rings. The molecule has 2 N–H and O–H groups in total. The van der Waals surface area contributed by atoms with Crippen LogP contribution in [0.5, 0.6) is 0 Å². The fourth-order valence-electron chi connectivity index (χ4n) is 2.39. The summed E-state index contributed by atoms with van der Waals surface area (Å²) in [6.45, 7) is 3.28. The zero-order valence-corrected chi connectivity index (χ0v) is 16.2. The van der Waals surface area contributed by atoms with Gasteiger partial charge < -0.3 is 10.6 Å². The molecule has 1 atom stereocenters. The first-order valence-corrected chi connectivity index (χ1v) is 10.8. The van der Waals surface area contributed by atoms with Crippen molar-refractivity contribution >= 4 is 27.1 Å². The monoisotopic (exact) mass is 379 g/mol. The van der Waals surface area contributed by atoms with Gasteiger partial charge in [-0.1, -0.05) is 31.2 Å². The van der Waals surface area contributed by atoms with Crippen LogP contribution < -0.4 is 10.6 Å². The molecule has 0 radical (unpaired) electrons. The Balaban J connectivity index is 1.75. The van der Waals surface area contributed by atoms with Gasteiger partial charge in [0, 0.05) is 25.0 Å². The Kier molecular flexibility index (Phi) is 7.46. The first-order chi connectivity index (χ1) is 12.0. The van der Waals surface area contributed by atoms with Gasteiger partial charge in [0.05, 0.1) is 10.6 Å². The van der Waals surface area contributed by atoms with Gasteiger partial charge in [-0.15, -0.1) is 11.3 Å². The molecule has 1 aromatic carbocycles. The van der Waals surface area contributed by atoms with Crippen molar-refractivity contribution in [2.45, 2.75) is 18.2 Å². The van der Waals surface area contributed by atoms with E-state index in [1.165, 1.54) is 4.88 Å². The molecule has 0 aliphatic heterocycles. The van der Waals surface area contributed by atoms with Crippen molar-refractivity contribution in [3.63, 3.8) is 0 Å². The van der Waals surface area contributed by atoms with Gasteiger partial charge in [-0.05, 0) is 35.9 Å². The van der Waals surface area contributed by atoms with E-state index >= 15 is 0 Å². The third-order valence-electron chi connectivity index (χ3n) is 3.74. The smallest absolute Gasteiger partial charge is 0.191 e. The first kappa shape index (κ1) is 19.5. The van der Waals surface area contributed by atoms with E-state index < -0.39 is 9.84 Å². The summed E-state index contributed by atoms with van der Waals surface area (Å²) in [6, 6.07) is 12.7. The number of nitrogens with zero attached hydrogens (tertiary/aromatic N) is 1. The Morgan fingerprint density at radius 3 is 2.56 bits per heavy atom. The summed E-state index contributed by atoms with van der Waals surface area (Å²) in [5, 5.41) is 8.41. The van der Waals surface area contributed by atoms with Gasteiger partial charge >= 0.3 is 0 Å². The van der Waals surface area contributed by atoms with Crippen LogP contribution in [0.15, 0.2) is 57.7 Å². The summed E-state index contributed by atoms with van der Waals surface area (Å²) >= 11 is 1.77. The van der Waals surface area contributed by atoms with E-state index in [2.05, 4.69) is 40.1 Å². The average molecular weight is 380 g/mol. The zero-order chi connectivity index (χ0) is 18.1. The molecule has 25 heavy (non-hydrogen) atoms. The number of hydrogen-bond acceptors (Lipinski definition) is 4. The van der Waals surface area contributed by atoms with Crippen molar-refractivity contribution in [1.29, 1.82) is 0 Å². The highest BCUT2D eigenvalue weighted by atomic mass is 32.2.